The van der Waals surface area contributed by atoms with E-state index in [1.807, 2.05) is 10.8 Å². The Labute approximate surface area is 249 Å². The van der Waals surface area contributed by atoms with E-state index in [1.165, 1.54) is 30.2 Å². The van der Waals surface area contributed by atoms with Crippen molar-refractivity contribution >= 4 is 38.3 Å². The van der Waals surface area contributed by atoms with Crippen LogP contribution in [0.2, 0.25) is 5.02 Å². The third-order valence-electron chi connectivity index (χ3n) is 7.97. The van der Waals surface area contributed by atoms with Crippen molar-refractivity contribution in [1.29, 1.82) is 0 Å². The zero-order valence-electron chi connectivity index (χ0n) is 23.2. The summed E-state index contributed by atoms with van der Waals surface area (Å²) in [4.78, 5) is 14.5. The lowest BCUT2D eigenvalue weighted by atomic mass is 9.98. The van der Waals surface area contributed by atoms with E-state index in [0.717, 1.165) is 43.2 Å². The van der Waals surface area contributed by atoms with E-state index in [0.29, 0.717) is 24.0 Å². The van der Waals surface area contributed by atoms with Gasteiger partial charge in [-0.25, -0.2) is 8.42 Å². The number of likely N-dealkylation sites (tertiary alicyclic amines) is 1. The monoisotopic (exact) mass is 621 g/mol. The molecule has 1 heterocycles. The van der Waals surface area contributed by atoms with Gasteiger partial charge in [0.05, 0.1) is 23.1 Å². The van der Waals surface area contributed by atoms with E-state index in [1.54, 1.807) is 18.2 Å². The first-order chi connectivity index (χ1) is 20.0. The molecule has 3 aromatic rings. The number of nitrogens with zero attached hydrogens (tertiary/aromatic N) is 1. The predicted octanol–water partition coefficient (Wildman–Crippen LogP) is 5.21. The second-order valence-electron chi connectivity index (χ2n) is 10.9. The maximum absolute atomic E-state index is 16.1. The quantitative estimate of drug-likeness (QED) is 0.339. The molecule has 1 aliphatic heterocycles. The standard InChI is InChI=1S/C30H34ClF2N3O5S/c1-40-27-18-21(8-11-26(27)31)30(32,33)28(29(37)36-14-12-22(34)13-15-36)35-42(38,39)25-10-7-19-16-24(9-6-20(19)17-25)41-23-4-2-3-5-23/h6-11,16-18,22-23,28,35H,2-5,12-15,34H2,1H3/t28-/m1/s1. The predicted molar refractivity (Wildman–Crippen MR) is 157 cm³/mol. The Bertz CT molecular complexity index is 1560. The lowest BCUT2D eigenvalue weighted by molar-refractivity contribution is -0.145. The summed E-state index contributed by atoms with van der Waals surface area (Å²) in [5.41, 5.74) is 5.32. The van der Waals surface area contributed by atoms with Gasteiger partial charge in [0.2, 0.25) is 15.9 Å². The number of benzene rings is 3. The molecular formula is C30H34ClF2N3O5S. The van der Waals surface area contributed by atoms with Gasteiger partial charge < -0.3 is 20.1 Å². The van der Waals surface area contributed by atoms with Crippen LogP contribution in [-0.2, 0) is 20.7 Å². The Morgan fingerprint density at radius 1 is 1.02 bits per heavy atom. The number of amides is 1. The summed E-state index contributed by atoms with van der Waals surface area (Å²) < 4.78 is 72.6. The Kier molecular flexibility index (Phi) is 8.94. The molecule has 1 aliphatic carbocycles. The number of carbonyl (C=O) groups is 1. The van der Waals surface area contributed by atoms with E-state index in [4.69, 9.17) is 26.8 Å². The third-order valence-corrected chi connectivity index (χ3v) is 9.70. The fraction of sp³-hybridized carbons (Fsp3) is 0.433. The van der Waals surface area contributed by atoms with Crippen molar-refractivity contribution < 1.29 is 31.5 Å². The average molecular weight is 622 g/mol. The molecule has 0 spiro atoms. The summed E-state index contributed by atoms with van der Waals surface area (Å²) in [6.07, 6.45) is 5.26. The Morgan fingerprint density at radius 2 is 1.69 bits per heavy atom. The number of nitrogens with two attached hydrogens (primary N) is 1. The number of rotatable bonds is 9. The second-order valence-corrected chi connectivity index (χ2v) is 13.0. The molecule has 1 saturated carbocycles. The highest BCUT2D eigenvalue weighted by Gasteiger charge is 2.50. The molecule has 3 aromatic carbocycles. The van der Waals surface area contributed by atoms with Gasteiger partial charge in [-0.05, 0) is 85.7 Å². The minimum Gasteiger partial charge on any atom is -0.495 e. The van der Waals surface area contributed by atoms with E-state index in [9.17, 15) is 13.2 Å². The van der Waals surface area contributed by atoms with Gasteiger partial charge in [0.25, 0.3) is 5.92 Å². The molecule has 0 aromatic heterocycles. The van der Waals surface area contributed by atoms with Gasteiger partial charge in [0.15, 0.2) is 6.04 Å². The Hall–Kier alpha value is -2.99. The van der Waals surface area contributed by atoms with Crippen LogP contribution in [0.15, 0.2) is 59.5 Å². The molecule has 1 saturated heterocycles. The van der Waals surface area contributed by atoms with Crippen molar-refractivity contribution in [3.05, 3.63) is 65.2 Å². The first kappa shape index (κ1) is 30.5. The minimum atomic E-state index is -4.58. The smallest absolute Gasteiger partial charge is 0.298 e. The maximum atomic E-state index is 16.1. The maximum Gasteiger partial charge on any atom is 0.298 e. The fourth-order valence-electron chi connectivity index (χ4n) is 5.48. The lowest BCUT2D eigenvalue weighted by Gasteiger charge is -2.35. The number of fused-ring (bicyclic) bond motifs is 1. The number of piperidine rings is 1. The van der Waals surface area contributed by atoms with Gasteiger partial charge in [0.1, 0.15) is 11.5 Å². The van der Waals surface area contributed by atoms with Crippen LogP contribution in [0, 0.1) is 0 Å². The minimum absolute atomic E-state index is 0.0300. The van der Waals surface area contributed by atoms with Crippen molar-refractivity contribution in [1.82, 2.24) is 9.62 Å². The molecule has 0 radical (unpaired) electrons. The van der Waals surface area contributed by atoms with E-state index in [2.05, 4.69) is 0 Å². The molecule has 226 valence electrons. The third kappa shape index (κ3) is 6.49. The van der Waals surface area contributed by atoms with Crippen LogP contribution in [0.1, 0.15) is 44.1 Å². The van der Waals surface area contributed by atoms with E-state index < -0.39 is 33.5 Å². The Morgan fingerprint density at radius 3 is 2.38 bits per heavy atom. The van der Waals surface area contributed by atoms with Gasteiger partial charge in [-0.3, -0.25) is 4.79 Å². The summed E-state index contributed by atoms with van der Waals surface area (Å²) in [5, 5.41) is 1.41. The lowest BCUT2D eigenvalue weighted by Crippen LogP contribution is -2.58. The summed E-state index contributed by atoms with van der Waals surface area (Å²) in [5.74, 6) is -4.34. The molecule has 2 fully saturated rings. The number of nitrogens with one attached hydrogen (secondary N) is 1. The van der Waals surface area contributed by atoms with Gasteiger partial charge in [-0.1, -0.05) is 29.8 Å². The fourth-order valence-corrected chi connectivity index (χ4v) is 6.90. The zero-order valence-corrected chi connectivity index (χ0v) is 24.8. The largest absolute Gasteiger partial charge is 0.495 e. The molecule has 42 heavy (non-hydrogen) atoms. The number of hydrogen-bond acceptors (Lipinski definition) is 6. The Balaban J connectivity index is 1.46. The first-order valence-corrected chi connectivity index (χ1v) is 15.8. The van der Waals surface area contributed by atoms with Crippen LogP contribution >= 0.6 is 11.6 Å². The van der Waals surface area contributed by atoms with Crippen molar-refractivity contribution in [2.45, 2.75) is 67.5 Å². The summed E-state index contributed by atoms with van der Waals surface area (Å²) in [6, 6.07) is 10.3. The summed E-state index contributed by atoms with van der Waals surface area (Å²) in [7, 11) is -3.31. The van der Waals surface area contributed by atoms with Gasteiger partial charge in [-0.2, -0.15) is 13.5 Å². The topological polar surface area (TPSA) is 111 Å². The molecule has 8 nitrogen and oxygen atoms in total. The number of methoxy groups -OCH3 is 1. The highest BCUT2D eigenvalue weighted by molar-refractivity contribution is 7.89. The molecule has 1 amide bonds. The second kappa shape index (κ2) is 12.3. The highest BCUT2D eigenvalue weighted by atomic mass is 35.5. The molecule has 12 heteroatoms. The molecule has 2 aliphatic rings. The van der Waals surface area contributed by atoms with Gasteiger partial charge in [0, 0.05) is 24.7 Å². The van der Waals surface area contributed by atoms with Crippen molar-refractivity contribution in [2.75, 3.05) is 20.2 Å². The summed E-state index contributed by atoms with van der Waals surface area (Å²) >= 11 is 6.03. The first-order valence-electron chi connectivity index (χ1n) is 14.0. The van der Waals surface area contributed by atoms with Crippen LogP contribution in [0.4, 0.5) is 8.78 Å². The van der Waals surface area contributed by atoms with Crippen molar-refractivity contribution in [2.24, 2.45) is 5.73 Å². The molecule has 5 rings (SSSR count). The van der Waals surface area contributed by atoms with Crippen molar-refractivity contribution in [3.63, 3.8) is 0 Å². The molecular weight excluding hydrogens is 588 g/mol. The highest BCUT2D eigenvalue weighted by Crippen LogP contribution is 2.38. The van der Waals surface area contributed by atoms with Gasteiger partial charge >= 0.3 is 0 Å². The van der Waals surface area contributed by atoms with Crippen LogP contribution in [0.25, 0.3) is 10.8 Å². The number of alkyl halides is 2. The van der Waals surface area contributed by atoms with Gasteiger partial charge in [-0.15, -0.1) is 0 Å². The van der Waals surface area contributed by atoms with Crippen LogP contribution in [0.5, 0.6) is 11.5 Å². The molecule has 3 N–H and O–H groups in total. The number of hydrogen-bond donors (Lipinski definition) is 2. The number of ether oxygens (including phenoxy) is 2. The van der Waals surface area contributed by atoms with Crippen LogP contribution in [-0.4, -0.2) is 57.6 Å². The van der Waals surface area contributed by atoms with Crippen LogP contribution < -0.4 is 19.9 Å². The number of sulfonamides is 1. The number of carbonyl (C=O) groups excluding carboxylic acids is 1. The summed E-state index contributed by atoms with van der Waals surface area (Å²) in [6.45, 7) is 0.277. The average Bonchev–Trinajstić information content (AvgIpc) is 3.49. The van der Waals surface area contributed by atoms with E-state index >= 15 is 8.78 Å². The van der Waals surface area contributed by atoms with Crippen LogP contribution in [0.3, 0.4) is 0 Å². The number of halogens is 3. The SMILES string of the molecule is COc1cc(C(F)(F)[C@H](NS(=O)(=O)c2ccc3cc(OC4CCCC4)ccc3c2)C(=O)N2CCC(N)CC2)ccc1Cl. The zero-order chi connectivity index (χ0) is 30.1. The van der Waals surface area contributed by atoms with Crippen molar-refractivity contribution in [3.8, 4) is 11.5 Å². The molecule has 0 unspecified atom stereocenters. The van der Waals surface area contributed by atoms with E-state index in [-0.39, 0.29) is 40.9 Å². The molecule has 1 atom stereocenters. The molecule has 0 bridgehead atoms. The normalized spacial score (nSPS) is 17.9.